The predicted octanol–water partition coefficient (Wildman–Crippen LogP) is 2.30. The first-order chi connectivity index (χ1) is 9.52. The predicted molar refractivity (Wildman–Crippen MR) is 80.9 cm³/mol. The molecule has 1 saturated heterocycles. The van der Waals surface area contributed by atoms with Crippen molar-refractivity contribution in [3.8, 4) is 0 Å². The van der Waals surface area contributed by atoms with Gasteiger partial charge in [0.25, 0.3) is 0 Å². The highest BCUT2D eigenvalue weighted by Crippen LogP contribution is 2.40. The van der Waals surface area contributed by atoms with Gasteiger partial charge in [-0.25, -0.2) is 0 Å². The molecule has 2 unspecified atom stereocenters. The van der Waals surface area contributed by atoms with Gasteiger partial charge in [0.05, 0.1) is 5.41 Å². The van der Waals surface area contributed by atoms with Crippen molar-refractivity contribution < 1.29 is 9.90 Å². The molecule has 0 radical (unpaired) electrons. The number of carbonyl (C=O) groups is 1. The molecule has 1 aliphatic heterocycles. The van der Waals surface area contributed by atoms with E-state index in [0.717, 1.165) is 32.4 Å². The number of nitrogens with zero attached hydrogens (tertiary/aromatic N) is 2. The van der Waals surface area contributed by atoms with Gasteiger partial charge in [-0.2, -0.15) is 0 Å². The Hall–Kier alpha value is -0.610. The van der Waals surface area contributed by atoms with Crippen LogP contribution in [-0.4, -0.2) is 60.6 Å². The number of carboxylic acids is 1. The number of likely N-dealkylation sites (N-methyl/N-ethyl adjacent to an activating group) is 1. The lowest BCUT2D eigenvalue weighted by molar-refractivity contribution is -0.153. The van der Waals surface area contributed by atoms with Crippen LogP contribution < -0.4 is 0 Å². The van der Waals surface area contributed by atoms with E-state index in [1.807, 2.05) is 0 Å². The Morgan fingerprint density at radius 3 is 2.65 bits per heavy atom. The summed E-state index contributed by atoms with van der Waals surface area (Å²) in [6, 6.07) is 0. The Labute approximate surface area is 123 Å². The normalized spacial score (nSPS) is 31.9. The Morgan fingerprint density at radius 1 is 1.35 bits per heavy atom. The standard InChI is InChI=1S/C16H30N2O2/c1-14-6-5-7-16(12-14,15(19)20)13-17(2)10-11-18-8-3-4-9-18/h14H,3-13H2,1-2H3,(H,19,20). The molecular weight excluding hydrogens is 252 g/mol. The van der Waals surface area contributed by atoms with Crippen molar-refractivity contribution in [2.45, 2.75) is 45.4 Å². The summed E-state index contributed by atoms with van der Waals surface area (Å²) in [5, 5.41) is 9.70. The van der Waals surface area contributed by atoms with Crippen molar-refractivity contribution >= 4 is 5.97 Å². The molecule has 4 nitrogen and oxygen atoms in total. The fourth-order valence-electron chi connectivity index (χ4n) is 3.98. The molecule has 4 heteroatoms. The van der Waals surface area contributed by atoms with E-state index in [1.54, 1.807) is 0 Å². The molecule has 0 spiro atoms. The third kappa shape index (κ3) is 3.95. The number of hydrogen-bond acceptors (Lipinski definition) is 3. The van der Waals surface area contributed by atoms with E-state index >= 15 is 0 Å². The zero-order chi connectivity index (χ0) is 14.6. The molecule has 2 atom stereocenters. The molecule has 116 valence electrons. The molecule has 0 aromatic carbocycles. The molecule has 2 fully saturated rings. The van der Waals surface area contributed by atoms with Crippen LogP contribution in [-0.2, 0) is 4.79 Å². The van der Waals surface area contributed by atoms with Crippen LogP contribution in [0.25, 0.3) is 0 Å². The number of hydrogen-bond donors (Lipinski definition) is 1. The van der Waals surface area contributed by atoms with E-state index in [1.165, 1.54) is 32.4 Å². The lowest BCUT2D eigenvalue weighted by Gasteiger charge is -2.39. The fourth-order valence-corrected chi connectivity index (χ4v) is 3.98. The second-order valence-electron chi connectivity index (χ2n) is 7.07. The van der Waals surface area contributed by atoms with Gasteiger partial charge in [-0.05, 0) is 51.7 Å². The third-order valence-corrected chi connectivity index (χ3v) is 5.11. The van der Waals surface area contributed by atoms with Crippen LogP contribution in [0.1, 0.15) is 45.4 Å². The zero-order valence-electron chi connectivity index (χ0n) is 13.1. The summed E-state index contributed by atoms with van der Waals surface area (Å²) in [5.74, 6) is -0.0381. The number of likely N-dealkylation sites (tertiary alicyclic amines) is 1. The highest BCUT2D eigenvalue weighted by Gasteiger charge is 2.42. The van der Waals surface area contributed by atoms with Crippen LogP contribution in [0, 0.1) is 11.3 Å². The van der Waals surface area contributed by atoms with Crippen LogP contribution in [0.2, 0.25) is 0 Å². The van der Waals surface area contributed by atoms with Crippen molar-refractivity contribution in [1.82, 2.24) is 9.80 Å². The van der Waals surface area contributed by atoms with Gasteiger partial charge < -0.3 is 14.9 Å². The van der Waals surface area contributed by atoms with Crippen molar-refractivity contribution in [2.75, 3.05) is 39.8 Å². The van der Waals surface area contributed by atoms with E-state index in [2.05, 4.69) is 23.8 Å². The van der Waals surface area contributed by atoms with Gasteiger partial charge in [-0.15, -0.1) is 0 Å². The minimum Gasteiger partial charge on any atom is -0.481 e. The summed E-state index contributed by atoms with van der Waals surface area (Å²) in [6.07, 6.45) is 6.58. The first-order valence-electron chi connectivity index (χ1n) is 8.16. The summed E-state index contributed by atoms with van der Waals surface area (Å²) in [5.41, 5.74) is -0.503. The first-order valence-corrected chi connectivity index (χ1v) is 8.16. The highest BCUT2D eigenvalue weighted by molar-refractivity contribution is 5.75. The molecule has 1 N–H and O–H groups in total. The molecule has 1 aliphatic carbocycles. The molecule has 2 rings (SSSR count). The highest BCUT2D eigenvalue weighted by atomic mass is 16.4. The number of aliphatic carboxylic acids is 1. The van der Waals surface area contributed by atoms with Crippen LogP contribution in [0.15, 0.2) is 0 Å². The quantitative estimate of drug-likeness (QED) is 0.812. The minimum atomic E-state index is -0.586. The minimum absolute atomic E-state index is 0.503. The van der Waals surface area contributed by atoms with Gasteiger partial charge in [0.2, 0.25) is 0 Å². The van der Waals surface area contributed by atoms with Gasteiger partial charge >= 0.3 is 5.97 Å². The monoisotopic (exact) mass is 282 g/mol. The first kappa shape index (κ1) is 15.8. The average molecular weight is 282 g/mol. The molecule has 2 aliphatic rings. The fraction of sp³-hybridized carbons (Fsp3) is 0.938. The van der Waals surface area contributed by atoms with Crippen LogP contribution in [0.4, 0.5) is 0 Å². The number of carboxylic acid groups (broad SMARTS) is 1. The number of rotatable bonds is 6. The molecule has 1 heterocycles. The summed E-state index contributed by atoms with van der Waals surface area (Å²) in [7, 11) is 2.08. The molecule has 0 aromatic heterocycles. The second-order valence-corrected chi connectivity index (χ2v) is 7.07. The molecule has 0 bridgehead atoms. The smallest absolute Gasteiger partial charge is 0.310 e. The molecule has 0 aromatic rings. The topological polar surface area (TPSA) is 43.8 Å². The molecule has 1 saturated carbocycles. The Balaban J connectivity index is 1.85. The summed E-state index contributed by atoms with van der Waals surface area (Å²) in [4.78, 5) is 16.5. The Bertz CT molecular complexity index is 328. The van der Waals surface area contributed by atoms with Crippen LogP contribution >= 0.6 is 0 Å². The van der Waals surface area contributed by atoms with Gasteiger partial charge in [0.1, 0.15) is 0 Å². The van der Waals surface area contributed by atoms with E-state index in [9.17, 15) is 9.90 Å². The SMILES string of the molecule is CC1CCCC(CN(C)CCN2CCCC2)(C(=O)O)C1. The summed E-state index contributed by atoms with van der Waals surface area (Å²) in [6.45, 7) is 7.41. The van der Waals surface area contributed by atoms with Gasteiger partial charge in [0.15, 0.2) is 0 Å². The summed E-state index contributed by atoms with van der Waals surface area (Å²) < 4.78 is 0. The van der Waals surface area contributed by atoms with Crippen LogP contribution in [0.3, 0.4) is 0 Å². The van der Waals surface area contributed by atoms with Crippen molar-refractivity contribution in [3.63, 3.8) is 0 Å². The van der Waals surface area contributed by atoms with Crippen molar-refractivity contribution in [2.24, 2.45) is 11.3 Å². The maximum absolute atomic E-state index is 11.8. The molecular formula is C16H30N2O2. The maximum atomic E-state index is 11.8. The lowest BCUT2D eigenvalue weighted by Crippen LogP contribution is -2.46. The molecule has 20 heavy (non-hydrogen) atoms. The van der Waals surface area contributed by atoms with E-state index < -0.39 is 11.4 Å². The Kier molecular flexibility index (Phi) is 5.44. The van der Waals surface area contributed by atoms with Gasteiger partial charge in [-0.3, -0.25) is 4.79 Å². The van der Waals surface area contributed by atoms with Gasteiger partial charge in [0, 0.05) is 19.6 Å². The van der Waals surface area contributed by atoms with Gasteiger partial charge in [-0.1, -0.05) is 19.8 Å². The largest absolute Gasteiger partial charge is 0.481 e. The third-order valence-electron chi connectivity index (χ3n) is 5.11. The molecule has 0 amide bonds. The van der Waals surface area contributed by atoms with E-state index in [-0.39, 0.29) is 0 Å². The maximum Gasteiger partial charge on any atom is 0.310 e. The zero-order valence-corrected chi connectivity index (χ0v) is 13.1. The lowest BCUT2D eigenvalue weighted by atomic mass is 9.70. The van der Waals surface area contributed by atoms with Crippen molar-refractivity contribution in [1.29, 1.82) is 0 Å². The summed E-state index contributed by atoms with van der Waals surface area (Å²) >= 11 is 0. The van der Waals surface area contributed by atoms with Crippen molar-refractivity contribution in [3.05, 3.63) is 0 Å². The average Bonchev–Trinajstić information content (AvgIpc) is 2.89. The van der Waals surface area contributed by atoms with E-state index in [4.69, 9.17) is 0 Å². The second kappa shape index (κ2) is 6.90. The van der Waals surface area contributed by atoms with E-state index in [0.29, 0.717) is 12.5 Å². The van der Waals surface area contributed by atoms with Crippen LogP contribution in [0.5, 0.6) is 0 Å². The Morgan fingerprint density at radius 2 is 2.05 bits per heavy atom.